The highest BCUT2D eigenvalue weighted by Gasteiger charge is 2.45. The number of rotatable bonds is 3. The van der Waals surface area contributed by atoms with Crippen molar-refractivity contribution < 1.29 is 14.3 Å². The van der Waals surface area contributed by atoms with E-state index in [-0.39, 0.29) is 18.4 Å². The number of fused-ring (bicyclic) bond motifs is 1. The summed E-state index contributed by atoms with van der Waals surface area (Å²) in [6.45, 7) is 5.97. The van der Waals surface area contributed by atoms with Crippen molar-refractivity contribution in [2.24, 2.45) is 0 Å². The van der Waals surface area contributed by atoms with Crippen molar-refractivity contribution in [2.75, 3.05) is 13.2 Å². The van der Waals surface area contributed by atoms with Gasteiger partial charge in [-0.1, -0.05) is 0 Å². The van der Waals surface area contributed by atoms with E-state index in [1.165, 1.54) is 11.3 Å². The van der Waals surface area contributed by atoms with Gasteiger partial charge in [-0.3, -0.25) is 9.59 Å². The molecule has 0 saturated carbocycles. The van der Waals surface area contributed by atoms with Crippen LogP contribution < -0.4 is 0 Å². The minimum atomic E-state index is -0.462. The van der Waals surface area contributed by atoms with Gasteiger partial charge in [-0.05, 0) is 42.8 Å². The molecule has 1 amide bonds. The first-order valence-corrected chi connectivity index (χ1v) is 7.26. The van der Waals surface area contributed by atoms with Gasteiger partial charge in [0, 0.05) is 4.88 Å². The highest BCUT2D eigenvalue weighted by Crippen LogP contribution is 2.44. The Kier molecular flexibility index (Phi) is 3.51. The van der Waals surface area contributed by atoms with Gasteiger partial charge >= 0.3 is 5.97 Å². The highest BCUT2D eigenvalue weighted by atomic mass is 79.9. The molecule has 0 atom stereocenters. The van der Waals surface area contributed by atoms with E-state index in [4.69, 9.17) is 4.74 Å². The Morgan fingerprint density at radius 1 is 1.56 bits per heavy atom. The van der Waals surface area contributed by atoms with E-state index in [9.17, 15) is 9.59 Å². The lowest BCUT2D eigenvalue weighted by molar-refractivity contribution is -0.144. The van der Waals surface area contributed by atoms with Crippen LogP contribution in [0.3, 0.4) is 0 Å². The smallest absolute Gasteiger partial charge is 0.325 e. The lowest BCUT2D eigenvalue weighted by atomic mass is 10.0. The number of ether oxygens (including phenoxy) is 1. The van der Waals surface area contributed by atoms with Crippen molar-refractivity contribution in [3.05, 3.63) is 20.3 Å². The summed E-state index contributed by atoms with van der Waals surface area (Å²) < 4.78 is 5.84. The summed E-state index contributed by atoms with van der Waals surface area (Å²) in [7, 11) is 0. The Morgan fingerprint density at radius 3 is 2.78 bits per heavy atom. The Labute approximate surface area is 118 Å². The maximum absolute atomic E-state index is 12.3. The molecule has 0 radical (unpaired) electrons. The van der Waals surface area contributed by atoms with E-state index in [1.54, 1.807) is 11.8 Å². The fourth-order valence-electron chi connectivity index (χ4n) is 2.10. The molecule has 0 spiro atoms. The molecule has 0 aliphatic carbocycles. The number of halogens is 1. The van der Waals surface area contributed by atoms with Crippen LogP contribution in [0.5, 0.6) is 0 Å². The van der Waals surface area contributed by atoms with E-state index in [0.29, 0.717) is 12.2 Å². The fourth-order valence-corrected chi connectivity index (χ4v) is 3.80. The minimum Gasteiger partial charge on any atom is -0.465 e. The topological polar surface area (TPSA) is 46.6 Å². The second-order valence-electron chi connectivity index (χ2n) is 4.55. The number of carbonyl (C=O) groups excluding carboxylic acids is 2. The molecule has 0 N–H and O–H groups in total. The molecular weight excluding hydrogens is 318 g/mol. The number of hydrogen-bond donors (Lipinski definition) is 0. The summed E-state index contributed by atoms with van der Waals surface area (Å²) in [6.07, 6.45) is 0. The first-order valence-electron chi connectivity index (χ1n) is 5.65. The quantitative estimate of drug-likeness (QED) is 0.800. The Balaban J connectivity index is 2.28. The fraction of sp³-hybridized carbons (Fsp3) is 0.500. The van der Waals surface area contributed by atoms with Crippen LogP contribution in [0, 0.1) is 0 Å². The monoisotopic (exact) mass is 331 g/mol. The van der Waals surface area contributed by atoms with Gasteiger partial charge in [-0.2, -0.15) is 0 Å². The van der Waals surface area contributed by atoms with Crippen LogP contribution in [0.2, 0.25) is 0 Å². The summed E-state index contributed by atoms with van der Waals surface area (Å²) >= 11 is 4.92. The average Bonchev–Trinajstić information content (AvgIpc) is 2.73. The summed E-state index contributed by atoms with van der Waals surface area (Å²) in [5, 5.41) is 0. The molecule has 2 rings (SSSR count). The van der Waals surface area contributed by atoms with Crippen molar-refractivity contribution in [3.63, 3.8) is 0 Å². The number of hydrogen-bond acceptors (Lipinski definition) is 4. The lowest BCUT2D eigenvalue weighted by Crippen LogP contribution is -2.42. The van der Waals surface area contributed by atoms with Crippen LogP contribution in [-0.4, -0.2) is 29.9 Å². The van der Waals surface area contributed by atoms with E-state index < -0.39 is 5.54 Å². The molecule has 0 saturated heterocycles. The van der Waals surface area contributed by atoms with Gasteiger partial charge in [0.1, 0.15) is 6.54 Å². The largest absolute Gasteiger partial charge is 0.465 e. The average molecular weight is 332 g/mol. The summed E-state index contributed by atoms with van der Waals surface area (Å²) in [5.74, 6) is -0.474. The normalized spacial score (nSPS) is 16.9. The molecule has 98 valence electrons. The molecule has 2 heterocycles. The number of amides is 1. The Morgan fingerprint density at radius 2 is 2.22 bits per heavy atom. The standard InChI is InChI=1S/C12H14BrNO3S/c1-4-17-9(15)6-14-11(16)7-5-8(13)18-10(7)12(14,2)3/h5H,4,6H2,1-3H3. The molecule has 1 aliphatic heterocycles. The van der Waals surface area contributed by atoms with Crippen molar-refractivity contribution in [1.82, 2.24) is 4.90 Å². The Bertz CT molecular complexity index is 509. The molecule has 18 heavy (non-hydrogen) atoms. The molecule has 1 aromatic heterocycles. The zero-order chi connectivity index (χ0) is 13.5. The summed E-state index contributed by atoms with van der Waals surface area (Å²) in [4.78, 5) is 26.4. The number of carbonyl (C=O) groups is 2. The van der Waals surface area contributed by atoms with Crippen molar-refractivity contribution in [3.8, 4) is 0 Å². The SMILES string of the molecule is CCOC(=O)CN1C(=O)c2cc(Br)sc2C1(C)C. The maximum Gasteiger partial charge on any atom is 0.325 e. The molecule has 4 nitrogen and oxygen atoms in total. The molecular formula is C12H14BrNO3S. The molecule has 0 aromatic carbocycles. The second kappa shape index (κ2) is 4.66. The van der Waals surface area contributed by atoms with E-state index >= 15 is 0 Å². The predicted molar refractivity (Wildman–Crippen MR) is 72.7 cm³/mol. The number of thiophene rings is 1. The minimum absolute atomic E-state index is 0.00130. The zero-order valence-electron chi connectivity index (χ0n) is 10.4. The van der Waals surface area contributed by atoms with Gasteiger partial charge in [0.2, 0.25) is 0 Å². The molecule has 0 bridgehead atoms. The van der Waals surface area contributed by atoms with Gasteiger partial charge < -0.3 is 9.64 Å². The van der Waals surface area contributed by atoms with E-state index in [2.05, 4.69) is 15.9 Å². The predicted octanol–water partition coefficient (Wildman–Crippen LogP) is 2.76. The summed E-state index contributed by atoms with van der Waals surface area (Å²) in [5.41, 5.74) is 0.219. The summed E-state index contributed by atoms with van der Waals surface area (Å²) in [6, 6.07) is 1.81. The van der Waals surface area contributed by atoms with E-state index in [1.807, 2.05) is 19.9 Å². The first kappa shape index (κ1) is 13.5. The van der Waals surface area contributed by atoms with Crippen LogP contribution in [0.25, 0.3) is 0 Å². The number of esters is 1. The molecule has 1 aromatic rings. The van der Waals surface area contributed by atoms with Gasteiger partial charge in [-0.15, -0.1) is 11.3 Å². The third-order valence-corrected chi connectivity index (χ3v) is 4.95. The first-order chi connectivity index (χ1) is 8.37. The van der Waals surface area contributed by atoms with Crippen LogP contribution in [0.4, 0.5) is 0 Å². The van der Waals surface area contributed by atoms with E-state index in [0.717, 1.165) is 8.66 Å². The van der Waals surface area contributed by atoms with Crippen molar-refractivity contribution in [2.45, 2.75) is 26.3 Å². The van der Waals surface area contributed by atoms with Crippen LogP contribution in [0.15, 0.2) is 9.85 Å². The van der Waals surface area contributed by atoms with Crippen LogP contribution in [0.1, 0.15) is 36.0 Å². The van der Waals surface area contributed by atoms with Crippen LogP contribution >= 0.6 is 27.3 Å². The lowest BCUT2D eigenvalue weighted by Gasteiger charge is -2.31. The van der Waals surface area contributed by atoms with Crippen molar-refractivity contribution in [1.29, 1.82) is 0 Å². The molecule has 0 fully saturated rings. The van der Waals surface area contributed by atoms with Gasteiger partial charge in [0.15, 0.2) is 0 Å². The molecule has 6 heteroatoms. The van der Waals surface area contributed by atoms with Gasteiger partial charge in [0.25, 0.3) is 5.91 Å². The maximum atomic E-state index is 12.3. The zero-order valence-corrected chi connectivity index (χ0v) is 12.9. The molecule has 1 aliphatic rings. The van der Waals surface area contributed by atoms with Crippen molar-refractivity contribution >= 4 is 39.1 Å². The third kappa shape index (κ3) is 2.07. The third-order valence-electron chi connectivity index (χ3n) is 3.00. The molecule has 0 unspecified atom stereocenters. The van der Waals surface area contributed by atoms with Gasteiger partial charge in [0.05, 0.1) is 21.5 Å². The Hall–Kier alpha value is -0.880. The second-order valence-corrected chi connectivity index (χ2v) is 6.98. The van der Waals surface area contributed by atoms with Crippen LogP contribution in [-0.2, 0) is 15.1 Å². The van der Waals surface area contributed by atoms with Gasteiger partial charge in [-0.25, -0.2) is 0 Å². The number of nitrogens with zero attached hydrogens (tertiary/aromatic N) is 1. The highest BCUT2D eigenvalue weighted by molar-refractivity contribution is 9.11.